The molecule has 0 bridgehead atoms. The number of hydrogen-bond donors (Lipinski definition) is 2. The van der Waals surface area contributed by atoms with E-state index in [2.05, 4.69) is 10.2 Å². The Labute approximate surface area is 125 Å². The van der Waals surface area contributed by atoms with Gasteiger partial charge in [-0.1, -0.05) is 11.3 Å². The molecule has 20 heavy (non-hydrogen) atoms. The average molecular weight is 305 g/mol. The topological polar surface area (TPSA) is 88.5 Å². The lowest BCUT2D eigenvalue weighted by atomic mass is 9.95. The fraction of sp³-hybridized carbons (Fsp3) is 0.385. The SMILES string of the molecule is Cc1nnc(Sc2nc3c(cc2C(=N)N)CCCC3)s1. The van der Waals surface area contributed by atoms with Crippen LogP contribution in [0, 0.1) is 12.3 Å². The molecule has 3 rings (SSSR count). The minimum Gasteiger partial charge on any atom is -0.384 e. The quantitative estimate of drug-likeness (QED) is 0.672. The summed E-state index contributed by atoms with van der Waals surface area (Å²) in [7, 11) is 0. The first-order chi connectivity index (χ1) is 9.63. The normalized spacial score (nSPS) is 14.1. The third-order valence-corrected chi connectivity index (χ3v) is 5.14. The summed E-state index contributed by atoms with van der Waals surface area (Å²) in [5, 5.41) is 17.6. The van der Waals surface area contributed by atoms with Crippen LogP contribution in [0.4, 0.5) is 0 Å². The molecule has 0 fully saturated rings. The van der Waals surface area contributed by atoms with Crippen molar-refractivity contribution in [2.75, 3.05) is 0 Å². The Hall–Kier alpha value is -1.47. The summed E-state index contributed by atoms with van der Waals surface area (Å²) in [6.45, 7) is 1.92. The van der Waals surface area contributed by atoms with Crippen molar-refractivity contribution < 1.29 is 0 Å². The predicted molar refractivity (Wildman–Crippen MR) is 80.7 cm³/mol. The van der Waals surface area contributed by atoms with E-state index < -0.39 is 0 Å². The van der Waals surface area contributed by atoms with Gasteiger partial charge in [0.1, 0.15) is 15.9 Å². The van der Waals surface area contributed by atoms with Crippen LogP contribution in [-0.4, -0.2) is 21.0 Å². The van der Waals surface area contributed by atoms with E-state index >= 15 is 0 Å². The van der Waals surface area contributed by atoms with Gasteiger partial charge < -0.3 is 5.73 Å². The summed E-state index contributed by atoms with van der Waals surface area (Å²) in [5.74, 6) is 0.0645. The molecule has 1 aliphatic rings. The van der Waals surface area contributed by atoms with Crippen molar-refractivity contribution in [2.24, 2.45) is 5.73 Å². The van der Waals surface area contributed by atoms with Crippen LogP contribution >= 0.6 is 23.1 Å². The summed E-state index contributed by atoms with van der Waals surface area (Å²) in [5.41, 5.74) is 8.79. The van der Waals surface area contributed by atoms with Crippen molar-refractivity contribution >= 4 is 28.9 Å². The van der Waals surface area contributed by atoms with E-state index in [1.54, 1.807) is 0 Å². The van der Waals surface area contributed by atoms with E-state index in [1.807, 2.05) is 13.0 Å². The van der Waals surface area contributed by atoms with Gasteiger partial charge in [-0.25, -0.2) is 4.98 Å². The van der Waals surface area contributed by atoms with Crippen LogP contribution in [0.3, 0.4) is 0 Å². The number of nitrogens with zero attached hydrogens (tertiary/aromatic N) is 3. The number of pyridine rings is 1. The highest BCUT2D eigenvalue weighted by Crippen LogP contribution is 2.33. The number of fused-ring (bicyclic) bond motifs is 1. The minimum absolute atomic E-state index is 0.0645. The van der Waals surface area contributed by atoms with Crippen molar-refractivity contribution in [3.05, 3.63) is 27.9 Å². The predicted octanol–water partition coefficient (Wildman–Crippen LogP) is 2.56. The molecular weight excluding hydrogens is 290 g/mol. The number of nitrogens with one attached hydrogen (secondary N) is 1. The number of aryl methyl sites for hydroxylation is 3. The maximum atomic E-state index is 7.76. The third-order valence-electron chi connectivity index (χ3n) is 3.25. The van der Waals surface area contributed by atoms with Gasteiger partial charge in [0.2, 0.25) is 0 Å². The van der Waals surface area contributed by atoms with Gasteiger partial charge in [0, 0.05) is 11.3 Å². The summed E-state index contributed by atoms with van der Waals surface area (Å²) in [6, 6.07) is 2.03. The third kappa shape index (κ3) is 2.69. The van der Waals surface area contributed by atoms with Crippen LogP contribution in [0.15, 0.2) is 15.4 Å². The van der Waals surface area contributed by atoms with Gasteiger partial charge in [-0.05, 0) is 56.0 Å². The molecular formula is C13H15N5S2. The molecule has 2 aromatic heterocycles. The number of hydrogen-bond acceptors (Lipinski definition) is 6. The number of amidine groups is 1. The average Bonchev–Trinajstić information content (AvgIpc) is 2.83. The van der Waals surface area contributed by atoms with E-state index in [1.165, 1.54) is 41.5 Å². The minimum atomic E-state index is 0.0645. The van der Waals surface area contributed by atoms with E-state index in [-0.39, 0.29) is 5.84 Å². The summed E-state index contributed by atoms with van der Waals surface area (Å²) in [4.78, 5) is 4.72. The maximum Gasteiger partial charge on any atom is 0.180 e. The Bertz CT molecular complexity index is 665. The zero-order valence-electron chi connectivity index (χ0n) is 11.1. The van der Waals surface area contributed by atoms with Crippen molar-refractivity contribution in [3.8, 4) is 0 Å². The Kier molecular flexibility index (Phi) is 3.71. The molecule has 1 aliphatic carbocycles. The summed E-state index contributed by atoms with van der Waals surface area (Å²) >= 11 is 2.98. The molecule has 0 aromatic carbocycles. The van der Waals surface area contributed by atoms with Gasteiger partial charge in [0.05, 0.1) is 0 Å². The van der Waals surface area contributed by atoms with Crippen LogP contribution in [0.5, 0.6) is 0 Å². The van der Waals surface area contributed by atoms with Crippen LogP contribution in [-0.2, 0) is 12.8 Å². The molecule has 0 radical (unpaired) electrons. The molecule has 0 saturated carbocycles. The zero-order chi connectivity index (χ0) is 14.1. The second-order valence-electron chi connectivity index (χ2n) is 4.76. The number of aromatic nitrogens is 3. The molecule has 3 N–H and O–H groups in total. The van der Waals surface area contributed by atoms with Crippen LogP contribution < -0.4 is 5.73 Å². The fourth-order valence-corrected chi connectivity index (χ4v) is 4.15. The van der Waals surface area contributed by atoms with E-state index in [0.717, 1.165) is 32.9 Å². The second kappa shape index (κ2) is 5.49. The lowest BCUT2D eigenvalue weighted by Gasteiger charge is -2.17. The molecule has 104 valence electrons. The van der Waals surface area contributed by atoms with Gasteiger partial charge in [-0.2, -0.15) is 0 Å². The molecule has 0 unspecified atom stereocenters. The van der Waals surface area contributed by atoms with E-state index in [4.69, 9.17) is 16.1 Å². The van der Waals surface area contributed by atoms with Gasteiger partial charge in [-0.15, -0.1) is 10.2 Å². The van der Waals surface area contributed by atoms with Crippen molar-refractivity contribution in [1.29, 1.82) is 5.41 Å². The fourth-order valence-electron chi connectivity index (χ4n) is 2.29. The van der Waals surface area contributed by atoms with Gasteiger partial charge in [0.25, 0.3) is 0 Å². The smallest absolute Gasteiger partial charge is 0.180 e. The first kappa shape index (κ1) is 13.5. The molecule has 0 amide bonds. The lowest BCUT2D eigenvalue weighted by molar-refractivity contribution is 0.660. The first-order valence-electron chi connectivity index (χ1n) is 6.48. The monoisotopic (exact) mass is 305 g/mol. The second-order valence-corrected chi connectivity index (χ2v) is 7.17. The largest absolute Gasteiger partial charge is 0.384 e. The van der Waals surface area contributed by atoms with E-state index in [0.29, 0.717) is 5.56 Å². The van der Waals surface area contributed by atoms with Gasteiger partial charge in [0.15, 0.2) is 4.34 Å². The molecule has 5 nitrogen and oxygen atoms in total. The summed E-state index contributed by atoms with van der Waals surface area (Å²) in [6.07, 6.45) is 4.41. The van der Waals surface area contributed by atoms with Crippen molar-refractivity contribution in [2.45, 2.75) is 42.0 Å². The van der Waals surface area contributed by atoms with Crippen LogP contribution in [0.1, 0.15) is 34.7 Å². The molecule has 0 saturated heterocycles. The Morgan fingerprint density at radius 3 is 2.85 bits per heavy atom. The van der Waals surface area contributed by atoms with Gasteiger partial charge in [-0.3, -0.25) is 5.41 Å². The number of rotatable bonds is 3. The molecule has 0 spiro atoms. The zero-order valence-corrected chi connectivity index (χ0v) is 12.8. The molecule has 2 heterocycles. The molecule has 0 atom stereocenters. The first-order valence-corrected chi connectivity index (χ1v) is 8.12. The van der Waals surface area contributed by atoms with Gasteiger partial charge >= 0.3 is 0 Å². The maximum absolute atomic E-state index is 7.76. The van der Waals surface area contributed by atoms with Crippen molar-refractivity contribution in [3.63, 3.8) is 0 Å². The Morgan fingerprint density at radius 1 is 1.35 bits per heavy atom. The van der Waals surface area contributed by atoms with E-state index in [9.17, 15) is 0 Å². The standard InChI is InChI=1S/C13H15N5S2/c1-7-17-18-13(19-7)20-12-9(11(14)15)6-8-4-2-3-5-10(8)16-12/h6H,2-5H2,1H3,(H3,14,15). The highest BCUT2D eigenvalue weighted by molar-refractivity contribution is 8.01. The highest BCUT2D eigenvalue weighted by atomic mass is 32.2. The number of nitrogens with two attached hydrogens (primary N) is 1. The van der Waals surface area contributed by atoms with Crippen LogP contribution in [0.25, 0.3) is 0 Å². The molecule has 7 heteroatoms. The molecule has 0 aliphatic heterocycles. The van der Waals surface area contributed by atoms with Crippen LogP contribution in [0.2, 0.25) is 0 Å². The Morgan fingerprint density at radius 2 is 2.15 bits per heavy atom. The summed E-state index contributed by atoms with van der Waals surface area (Å²) < 4.78 is 0.841. The Balaban J connectivity index is 2.01. The lowest BCUT2D eigenvalue weighted by Crippen LogP contribution is -2.16. The highest BCUT2D eigenvalue weighted by Gasteiger charge is 2.18. The molecule has 2 aromatic rings. The number of nitrogen functional groups attached to an aromatic ring is 1. The van der Waals surface area contributed by atoms with Crippen molar-refractivity contribution in [1.82, 2.24) is 15.2 Å².